The minimum atomic E-state index is -1.67. The Labute approximate surface area is 208 Å². The monoisotopic (exact) mass is 518 g/mol. The molecule has 6 heteroatoms. The van der Waals surface area contributed by atoms with Gasteiger partial charge in [0.15, 0.2) is 10.3 Å². The molecule has 3 aromatic carbocycles. The Kier molecular flexibility index (Phi) is 5.50. The molecule has 5 aromatic rings. The molecule has 0 nitrogen and oxygen atoms in total. The van der Waals surface area contributed by atoms with Gasteiger partial charge in [-0.2, -0.15) is 8.78 Å². The summed E-state index contributed by atoms with van der Waals surface area (Å²) in [6, 6.07) is 11.4. The number of benzene rings is 3. The maximum Gasteiger partial charge on any atom is 0.177 e. The van der Waals surface area contributed by atoms with Gasteiger partial charge in [0.1, 0.15) is 16.1 Å². The molecule has 0 radical (unpaired) electrons. The fourth-order valence-electron chi connectivity index (χ4n) is 4.00. The van der Waals surface area contributed by atoms with Crippen molar-refractivity contribution in [3.63, 3.8) is 0 Å². The molecule has 0 aliphatic heterocycles. The van der Waals surface area contributed by atoms with Crippen LogP contribution in [0, 0.1) is 33.2 Å². The van der Waals surface area contributed by atoms with Crippen LogP contribution < -0.4 is 0 Å². The molecule has 5 rings (SSSR count). The first-order valence-corrected chi connectivity index (χ1v) is 19.8. The first kappa shape index (κ1) is 23.3. The molecular formula is C28H24F2S2Si2. The summed E-state index contributed by atoms with van der Waals surface area (Å²) in [6.45, 7) is 13.3. The summed E-state index contributed by atoms with van der Waals surface area (Å²) in [5.41, 5.74) is 8.90. The van der Waals surface area contributed by atoms with Gasteiger partial charge in [-0.15, -0.1) is 33.8 Å². The molecule has 170 valence electrons. The van der Waals surface area contributed by atoms with E-state index < -0.39 is 16.1 Å². The quantitative estimate of drug-likeness (QED) is 0.109. The molecule has 0 aliphatic carbocycles. The largest absolute Gasteiger partial charge is 0.195 e. The van der Waals surface area contributed by atoms with Gasteiger partial charge in [0.05, 0.1) is 0 Å². The van der Waals surface area contributed by atoms with Crippen LogP contribution in [0.5, 0.6) is 0 Å². The van der Waals surface area contributed by atoms with Gasteiger partial charge in [-0.3, -0.25) is 0 Å². The zero-order valence-corrected chi connectivity index (χ0v) is 23.7. The molecule has 0 aliphatic rings. The average molecular weight is 519 g/mol. The van der Waals surface area contributed by atoms with Gasteiger partial charge in [-0.1, -0.05) is 51.1 Å². The molecule has 2 aromatic heterocycles. The molecule has 0 spiro atoms. The van der Waals surface area contributed by atoms with Crippen molar-refractivity contribution >= 4 is 80.5 Å². The van der Waals surface area contributed by atoms with Crippen molar-refractivity contribution in [1.29, 1.82) is 0 Å². The molecule has 0 saturated carbocycles. The molecule has 0 atom stereocenters. The third kappa shape index (κ3) is 4.44. The first-order valence-electron chi connectivity index (χ1n) is 11.2. The zero-order chi connectivity index (χ0) is 24.4. The Bertz CT molecular complexity index is 1530. The van der Waals surface area contributed by atoms with E-state index in [0.29, 0.717) is 0 Å². The minimum Gasteiger partial charge on any atom is -0.195 e. The van der Waals surface area contributed by atoms with Gasteiger partial charge < -0.3 is 0 Å². The van der Waals surface area contributed by atoms with Crippen LogP contribution in [0.15, 0.2) is 36.4 Å². The van der Waals surface area contributed by atoms with Crippen LogP contribution in [0.4, 0.5) is 8.78 Å². The molecule has 34 heavy (non-hydrogen) atoms. The van der Waals surface area contributed by atoms with Gasteiger partial charge in [0, 0.05) is 31.3 Å². The number of hydrogen-bond acceptors (Lipinski definition) is 2. The van der Waals surface area contributed by atoms with Gasteiger partial charge in [-0.25, -0.2) is 0 Å². The molecule has 0 bridgehead atoms. The Morgan fingerprint density at radius 2 is 0.912 bits per heavy atom. The van der Waals surface area contributed by atoms with Crippen molar-refractivity contribution < 1.29 is 8.78 Å². The highest BCUT2D eigenvalue weighted by atomic mass is 32.1. The van der Waals surface area contributed by atoms with Crippen LogP contribution >= 0.6 is 22.7 Å². The first-order chi connectivity index (χ1) is 15.9. The van der Waals surface area contributed by atoms with Crippen molar-refractivity contribution in [3.8, 4) is 22.9 Å². The molecule has 0 amide bonds. The summed E-state index contributed by atoms with van der Waals surface area (Å²) in [6.07, 6.45) is 0. The summed E-state index contributed by atoms with van der Waals surface area (Å²) in [4.78, 5) is 0. The van der Waals surface area contributed by atoms with E-state index in [1.807, 2.05) is 0 Å². The van der Waals surface area contributed by atoms with Crippen molar-refractivity contribution in [3.05, 3.63) is 57.8 Å². The summed E-state index contributed by atoms with van der Waals surface area (Å²) < 4.78 is 30.2. The van der Waals surface area contributed by atoms with Crippen molar-refractivity contribution in [2.45, 2.75) is 39.3 Å². The Hall–Kier alpha value is -2.49. The second-order valence-electron chi connectivity index (χ2n) is 10.7. The Balaban J connectivity index is 2.04. The highest BCUT2D eigenvalue weighted by molar-refractivity contribution is 7.18. The van der Waals surface area contributed by atoms with Crippen LogP contribution in [0.3, 0.4) is 0 Å². The van der Waals surface area contributed by atoms with Crippen molar-refractivity contribution in [1.82, 2.24) is 0 Å². The Morgan fingerprint density at radius 1 is 0.559 bits per heavy atom. The molecule has 0 fully saturated rings. The second kappa shape index (κ2) is 8.04. The van der Waals surface area contributed by atoms with Crippen LogP contribution in [0.2, 0.25) is 39.3 Å². The van der Waals surface area contributed by atoms with Crippen LogP contribution in [-0.2, 0) is 0 Å². The standard InChI is InChI=1S/C28H24F2S2Si2/c1-33(2,3)9-7-19-21-11-17-13-27(29)32-26(17)16-24(21)20(8-10-34(4,5)6)22-12-18-14-28(30)31-25(18)15-23(19)22/h11-16H,1-6H3. The number of fused-ring (bicyclic) bond motifs is 4. The normalized spacial score (nSPS) is 12.2. The van der Waals surface area contributed by atoms with Crippen molar-refractivity contribution in [2.24, 2.45) is 0 Å². The molecule has 2 heterocycles. The van der Waals surface area contributed by atoms with E-state index in [0.717, 1.165) is 75.5 Å². The van der Waals surface area contributed by atoms with Crippen molar-refractivity contribution in [2.75, 3.05) is 0 Å². The lowest BCUT2D eigenvalue weighted by atomic mass is 9.91. The van der Waals surface area contributed by atoms with E-state index in [1.54, 1.807) is 12.1 Å². The zero-order valence-electron chi connectivity index (χ0n) is 20.0. The van der Waals surface area contributed by atoms with E-state index in [-0.39, 0.29) is 10.3 Å². The topological polar surface area (TPSA) is 0 Å². The predicted octanol–water partition coefficient (Wildman–Crippen LogP) is 9.16. The highest BCUT2D eigenvalue weighted by Crippen LogP contribution is 2.40. The smallest absolute Gasteiger partial charge is 0.177 e. The Morgan fingerprint density at radius 3 is 1.26 bits per heavy atom. The SMILES string of the molecule is C[Si](C)(C)C#Cc1c2cc3cc(F)sc3cc2c(C#C[Si](C)(C)C)c2cc3cc(F)sc3cc12. The average Bonchev–Trinajstić information content (AvgIpc) is 3.25. The maximum atomic E-state index is 14.2. The lowest BCUT2D eigenvalue weighted by Gasteiger charge is -2.13. The van der Waals surface area contributed by atoms with E-state index in [9.17, 15) is 8.78 Å². The van der Waals surface area contributed by atoms with E-state index >= 15 is 0 Å². The fraction of sp³-hybridized carbons (Fsp3) is 0.214. The van der Waals surface area contributed by atoms with Crippen LogP contribution in [-0.4, -0.2) is 16.1 Å². The highest BCUT2D eigenvalue weighted by Gasteiger charge is 2.18. The number of rotatable bonds is 0. The number of hydrogen-bond donors (Lipinski definition) is 0. The van der Waals surface area contributed by atoms with E-state index in [1.165, 1.54) is 0 Å². The number of halogens is 2. The van der Waals surface area contributed by atoms with Crippen LogP contribution in [0.25, 0.3) is 41.7 Å². The second-order valence-corrected chi connectivity index (χ2v) is 22.3. The molecular weight excluding hydrogens is 495 g/mol. The lowest BCUT2D eigenvalue weighted by Crippen LogP contribution is -2.16. The molecule has 0 saturated heterocycles. The predicted molar refractivity (Wildman–Crippen MR) is 153 cm³/mol. The van der Waals surface area contributed by atoms with Gasteiger partial charge in [0.25, 0.3) is 0 Å². The fourth-order valence-corrected chi connectivity index (χ4v) is 6.61. The van der Waals surface area contributed by atoms with Crippen LogP contribution in [0.1, 0.15) is 11.1 Å². The third-order valence-electron chi connectivity index (χ3n) is 5.46. The van der Waals surface area contributed by atoms with E-state index in [2.05, 4.69) is 86.5 Å². The molecule has 0 N–H and O–H groups in total. The maximum absolute atomic E-state index is 14.2. The lowest BCUT2D eigenvalue weighted by molar-refractivity contribution is 0.658. The summed E-state index contributed by atoms with van der Waals surface area (Å²) in [5.74, 6) is 7.01. The van der Waals surface area contributed by atoms with Gasteiger partial charge in [0.2, 0.25) is 0 Å². The van der Waals surface area contributed by atoms with Gasteiger partial charge in [-0.05, 0) is 57.9 Å². The van der Waals surface area contributed by atoms with E-state index in [4.69, 9.17) is 0 Å². The summed E-state index contributed by atoms with van der Waals surface area (Å²) in [7, 11) is -3.33. The summed E-state index contributed by atoms with van der Waals surface area (Å²) in [5, 5.41) is 5.30. The summed E-state index contributed by atoms with van der Waals surface area (Å²) >= 11 is 2.30. The third-order valence-corrected chi connectivity index (χ3v) is 8.98. The molecule has 0 unspecified atom stereocenters. The minimum absolute atomic E-state index is 0.199. The van der Waals surface area contributed by atoms with Gasteiger partial charge >= 0.3 is 0 Å². The number of thiophene rings is 2.